The Morgan fingerprint density at radius 1 is 0.324 bits per heavy atom. The van der Waals surface area contributed by atoms with Crippen LogP contribution < -0.4 is 0 Å². The second kappa shape index (κ2) is 6.90. The third kappa shape index (κ3) is 3.24. The second-order valence-corrected chi connectivity index (χ2v) is 6.36. The molecule has 0 nitrogen and oxygen atoms in total. The van der Waals surface area contributed by atoms with Gasteiger partial charge in [-0.25, -0.2) is 8.78 Å². The smallest absolute Gasteiger partial charge is 0.218 e. The molecule has 1 aliphatic carbocycles. The summed E-state index contributed by atoms with van der Waals surface area (Å²) in [5.74, 6) is -34.1. The Kier molecular flexibility index (Phi) is 6.14. The second-order valence-electron chi connectivity index (χ2n) is 6.36. The quantitative estimate of drug-likeness (QED) is 0.242. The first-order valence-corrected chi connectivity index (χ1v) is 7.16. The molecule has 0 amide bonds. The van der Waals surface area contributed by atoms with Gasteiger partial charge in [-0.05, 0) is 0 Å². The van der Waals surface area contributed by atoms with Crippen LogP contribution in [0.4, 0.5) is 96.6 Å². The van der Waals surface area contributed by atoms with E-state index in [4.69, 9.17) is 0 Å². The third-order valence-electron chi connectivity index (χ3n) is 4.31. The molecule has 0 saturated carbocycles. The molecule has 0 aromatic rings. The highest BCUT2D eigenvalue weighted by Crippen LogP contribution is 2.71. The normalized spacial score (nSPS) is 23.8. The summed E-state index contributed by atoms with van der Waals surface area (Å²) in [7, 11) is 0. The summed E-state index contributed by atoms with van der Waals surface area (Å²) in [4.78, 5) is 0. The van der Waals surface area contributed by atoms with E-state index >= 15 is 0 Å². The van der Waals surface area contributed by atoms with Crippen LogP contribution in [0, 0.1) is 0 Å². The van der Waals surface area contributed by atoms with Crippen LogP contribution in [-0.2, 0) is 0 Å². The Balaban J connectivity index is 4.85. The molecule has 0 aromatic heterocycles. The molecule has 0 radical (unpaired) electrons. The summed E-state index contributed by atoms with van der Waals surface area (Å²) in [5.41, 5.74) is -30.2. The number of rotatable bonds is 2. The number of halogens is 22. The molecule has 0 spiro atoms. The zero-order chi connectivity index (χ0) is 28.2. The molecule has 0 unspecified atom stereocenters. The van der Waals surface area contributed by atoms with E-state index in [1.54, 1.807) is 0 Å². The first kappa shape index (κ1) is 30.2. The van der Waals surface area contributed by atoms with E-state index in [0.29, 0.717) is 0 Å². The minimum absolute atomic E-state index is 6.31. The first-order valence-electron chi connectivity index (χ1n) is 7.16. The van der Waals surface area contributed by atoms with Crippen LogP contribution >= 0.6 is 0 Å². The van der Waals surface area contributed by atoms with Crippen LogP contribution in [0.25, 0.3) is 0 Å². The highest BCUT2D eigenvalue weighted by molar-refractivity contribution is 5.51. The van der Waals surface area contributed by atoms with Crippen LogP contribution in [0.3, 0.4) is 0 Å². The van der Waals surface area contributed by atoms with Crippen LogP contribution in [0.5, 0.6) is 0 Å². The van der Waals surface area contributed by atoms with Crippen molar-refractivity contribution in [3.8, 4) is 0 Å². The van der Waals surface area contributed by atoms with Gasteiger partial charge in [-0.1, -0.05) is 0 Å². The predicted octanol–water partition coefficient (Wildman–Crippen LogP) is 7.50. The van der Waals surface area contributed by atoms with Gasteiger partial charge in [0, 0.05) is 0 Å². The molecule has 0 heterocycles. The zero-order valence-electron chi connectivity index (χ0n) is 14.3. The average molecular weight is 562 g/mol. The molecule has 0 N–H and O–H groups in total. The molecular weight excluding hydrogens is 562 g/mol. The Hall–Kier alpha value is -1.80. The molecule has 1 aliphatic rings. The maximum absolute atomic E-state index is 14.1. The molecular formula is C12F22. The van der Waals surface area contributed by atoms with Crippen molar-refractivity contribution in [2.75, 3.05) is 0 Å². The van der Waals surface area contributed by atoms with E-state index in [1.807, 2.05) is 0 Å². The van der Waals surface area contributed by atoms with E-state index in [1.165, 1.54) is 0 Å². The van der Waals surface area contributed by atoms with Gasteiger partial charge in [0.2, 0.25) is 0 Å². The minimum atomic E-state index is -8.78. The van der Waals surface area contributed by atoms with E-state index in [9.17, 15) is 96.6 Å². The van der Waals surface area contributed by atoms with Gasteiger partial charge in [0.05, 0.1) is 11.1 Å². The van der Waals surface area contributed by atoms with Gasteiger partial charge in [-0.2, -0.15) is 87.8 Å². The summed E-state index contributed by atoms with van der Waals surface area (Å²) < 4.78 is 290. The molecule has 0 aromatic carbocycles. The molecule has 1 rings (SSSR count). The fraction of sp³-hybridized carbons (Fsp3) is 0.833. The number of allylic oxidation sites excluding steroid dienone is 2. The molecule has 22 heteroatoms. The Morgan fingerprint density at radius 2 is 0.471 bits per heavy atom. The van der Waals surface area contributed by atoms with Gasteiger partial charge in [-0.15, -0.1) is 0 Å². The molecule has 202 valence electrons. The van der Waals surface area contributed by atoms with Gasteiger partial charge in [-0.3, -0.25) is 0 Å². The predicted molar refractivity (Wildman–Crippen MR) is 58.7 cm³/mol. The number of hydrogen-bond acceptors (Lipinski definition) is 0. The summed E-state index contributed by atoms with van der Waals surface area (Å²) in [6.07, 6.45) is -33.9. The van der Waals surface area contributed by atoms with Gasteiger partial charge in [0.1, 0.15) is 0 Å². The molecule has 34 heavy (non-hydrogen) atoms. The maximum atomic E-state index is 14.1. The van der Waals surface area contributed by atoms with Crippen molar-refractivity contribution in [3.05, 3.63) is 11.1 Å². The van der Waals surface area contributed by atoms with E-state index in [-0.39, 0.29) is 0 Å². The summed E-state index contributed by atoms with van der Waals surface area (Å²) in [5, 5.41) is 0. The number of hydrogen-bond donors (Lipinski definition) is 0. The van der Waals surface area contributed by atoms with Crippen LogP contribution in [-0.4, -0.2) is 59.7 Å². The molecule has 0 fully saturated rings. The summed E-state index contributed by atoms with van der Waals surface area (Å²) in [6, 6.07) is 0. The van der Waals surface area contributed by atoms with Crippen molar-refractivity contribution in [3.63, 3.8) is 0 Å². The van der Waals surface area contributed by atoms with Gasteiger partial charge in [0.15, 0.2) is 0 Å². The molecule has 0 bridgehead atoms. The van der Waals surface area contributed by atoms with E-state index in [2.05, 4.69) is 0 Å². The van der Waals surface area contributed by atoms with Gasteiger partial charge < -0.3 is 0 Å². The Labute approximate surface area is 169 Å². The molecule has 0 aliphatic heterocycles. The Morgan fingerprint density at radius 3 is 0.588 bits per heavy atom. The minimum Gasteiger partial charge on any atom is -0.218 e. The fourth-order valence-electron chi connectivity index (χ4n) is 2.69. The largest absolute Gasteiger partial charge is 0.435 e. The molecule has 0 saturated heterocycles. The third-order valence-corrected chi connectivity index (χ3v) is 4.31. The summed E-state index contributed by atoms with van der Waals surface area (Å²) in [6.45, 7) is 0. The standard InChI is InChI=1S/C12F22/c13-3(9(23,24)25,10(26,27)28)1-2(4(14,11(29,30)31)12(32,33)34)6(17,18)8(21,22)7(19,20)5(1,15)16. The molecule has 0 atom stereocenters. The topological polar surface area (TPSA) is 0 Å². The van der Waals surface area contributed by atoms with Crippen molar-refractivity contribution in [2.24, 2.45) is 0 Å². The highest BCUT2D eigenvalue weighted by atomic mass is 19.4. The fourth-order valence-corrected chi connectivity index (χ4v) is 2.69. The highest BCUT2D eigenvalue weighted by Gasteiger charge is 2.96. The lowest BCUT2D eigenvalue weighted by atomic mass is 9.68. The van der Waals surface area contributed by atoms with E-state index in [0.717, 1.165) is 0 Å². The first-order chi connectivity index (χ1) is 14.2. The SMILES string of the molecule is FC(F)(F)C(F)(C1=C(C(F)(C(F)(F)F)C(F)(F)F)C(F)(F)C(F)(F)C(F)(F)C1(F)F)C(F)(F)F. The van der Waals surface area contributed by atoms with Gasteiger partial charge in [0.25, 0.3) is 0 Å². The van der Waals surface area contributed by atoms with Crippen molar-refractivity contribution in [2.45, 2.75) is 59.7 Å². The van der Waals surface area contributed by atoms with Gasteiger partial charge >= 0.3 is 59.7 Å². The van der Waals surface area contributed by atoms with Crippen molar-refractivity contribution in [1.29, 1.82) is 0 Å². The number of alkyl halides is 22. The lowest BCUT2D eigenvalue weighted by Crippen LogP contribution is -2.75. The zero-order valence-corrected chi connectivity index (χ0v) is 14.3. The average Bonchev–Trinajstić information content (AvgIpc) is 2.52. The van der Waals surface area contributed by atoms with Crippen LogP contribution in [0.15, 0.2) is 11.1 Å². The lowest BCUT2D eigenvalue weighted by Gasteiger charge is -2.50. The van der Waals surface area contributed by atoms with Crippen molar-refractivity contribution in [1.82, 2.24) is 0 Å². The van der Waals surface area contributed by atoms with Crippen LogP contribution in [0.1, 0.15) is 0 Å². The Bertz CT molecular complexity index is 741. The lowest BCUT2D eigenvalue weighted by molar-refractivity contribution is -0.397. The van der Waals surface area contributed by atoms with Crippen LogP contribution in [0.2, 0.25) is 0 Å². The van der Waals surface area contributed by atoms with E-state index < -0.39 is 70.9 Å². The van der Waals surface area contributed by atoms with Crippen molar-refractivity contribution < 1.29 is 96.6 Å². The summed E-state index contributed by atoms with van der Waals surface area (Å²) >= 11 is 0. The monoisotopic (exact) mass is 562 g/mol. The van der Waals surface area contributed by atoms with Crippen molar-refractivity contribution >= 4 is 0 Å². The maximum Gasteiger partial charge on any atom is 0.435 e.